The Hall–Kier alpha value is -0.870. The normalized spacial score (nSPS) is 21.6. The number of aliphatic hydroxyl groups excluding tert-OH is 1. The minimum Gasteiger partial charge on any atom is -0.478 e. The molecule has 1 aliphatic heterocycles. The Labute approximate surface area is 76.8 Å². The van der Waals surface area contributed by atoms with Crippen molar-refractivity contribution in [3.8, 4) is 0 Å². The Morgan fingerprint density at radius 3 is 2.69 bits per heavy atom. The van der Waals surface area contributed by atoms with Gasteiger partial charge < -0.3 is 14.9 Å². The van der Waals surface area contributed by atoms with Gasteiger partial charge in [-0.3, -0.25) is 0 Å². The van der Waals surface area contributed by atoms with Gasteiger partial charge in [0.1, 0.15) is 0 Å². The Morgan fingerprint density at radius 2 is 2.23 bits per heavy atom. The fourth-order valence-electron chi connectivity index (χ4n) is 1.06. The third-order valence-electron chi connectivity index (χ3n) is 1.88. The first-order valence-electron chi connectivity index (χ1n) is 4.40. The lowest BCUT2D eigenvalue weighted by molar-refractivity contribution is -0.132. The molecule has 0 aromatic heterocycles. The monoisotopic (exact) mass is 186 g/mol. The first-order chi connectivity index (χ1) is 6.24. The number of carboxylic acids is 1. The molecule has 0 bridgehead atoms. The van der Waals surface area contributed by atoms with Crippen LogP contribution in [0.15, 0.2) is 11.6 Å². The molecule has 0 amide bonds. The number of hydrogen-bond donors (Lipinski definition) is 2. The van der Waals surface area contributed by atoms with Crippen LogP contribution in [0.2, 0.25) is 0 Å². The number of ether oxygens (including phenoxy) is 1. The van der Waals surface area contributed by atoms with E-state index < -0.39 is 5.97 Å². The van der Waals surface area contributed by atoms with Gasteiger partial charge in [-0.1, -0.05) is 0 Å². The maximum atomic E-state index is 10.7. The lowest BCUT2D eigenvalue weighted by atomic mass is 10.1. The summed E-state index contributed by atoms with van der Waals surface area (Å²) in [6.07, 6.45) is 3.53. The van der Waals surface area contributed by atoms with Gasteiger partial charge >= 0.3 is 5.97 Å². The van der Waals surface area contributed by atoms with E-state index in [0.717, 1.165) is 0 Å². The van der Waals surface area contributed by atoms with Crippen LogP contribution in [-0.2, 0) is 9.53 Å². The molecule has 4 nitrogen and oxygen atoms in total. The van der Waals surface area contributed by atoms with Crippen molar-refractivity contribution in [2.24, 2.45) is 0 Å². The Morgan fingerprint density at radius 1 is 1.54 bits per heavy atom. The molecule has 2 N–H and O–H groups in total. The zero-order valence-electron chi connectivity index (χ0n) is 7.40. The third-order valence-corrected chi connectivity index (χ3v) is 1.88. The minimum absolute atomic E-state index is 0.0141. The second-order valence-corrected chi connectivity index (χ2v) is 3.05. The number of aliphatic carboxylic acids is 1. The van der Waals surface area contributed by atoms with Crippen LogP contribution in [0.1, 0.15) is 19.3 Å². The maximum absolute atomic E-state index is 10.7. The van der Waals surface area contributed by atoms with E-state index in [1.165, 1.54) is 0 Å². The van der Waals surface area contributed by atoms with E-state index in [1.807, 2.05) is 0 Å². The first kappa shape index (κ1) is 10.2. The van der Waals surface area contributed by atoms with Crippen molar-refractivity contribution in [3.05, 3.63) is 11.6 Å². The number of carbonyl (C=O) groups is 1. The molecule has 1 fully saturated rings. The summed E-state index contributed by atoms with van der Waals surface area (Å²) in [6.45, 7) is 0.754. The Bertz CT molecular complexity index is 206. The quantitative estimate of drug-likeness (QED) is 0.361. The van der Waals surface area contributed by atoms with Crippen molar-refractivity contribution in [3.63, 3.8) is 0 Å². The van der Waals surface area contributed by atoms with Gasteiger partial charge in [0.15, 0.2) is 0 Å². The van der Waals surface area contributed by atoms with Crippen molar-refractivity contribution in [1.29, 1.82) is 0 Å². The summed E-state index contributed by atoms with van der Waals surface area (Å²) in [5, 5.41) is 17.3. The highest BCUT2D eigenvalue weighted by molar-refractivity contribution is 5.86. The van der Waals surface area contributed by atoms with Crippen molar-refractivity contribution < 1.29 is 19.7 Å². The van der Waals surface area contributed by atoms with Gasteiger partial charge in [0, 0.05) is 12.2 Å². The van der Waals surface area contributed by atoms with Crippen LogP contribution >= 0.6 is 0 Å². The van der Waals surface area contributed by atoms with Crippen LogP contribution < -0.4 is 0 Å². The van der Waals surface area contributed by atoms with E-state index in [4.69, 9.17) is 14.9 Å². The highest BCUT2D eigenvalue weighted by Gasteiger charge is 2.21. The molecular weight excluding hydrogens is 172 g/mol. The van der Waals surface area contributed by atoms with Crippen LogP contribution in [0, 0.1) is 0 Å². The molecule has 1 rings (SSSR count). The SMILES string of the molecule is O=C(O)C(=CC1CO1)CCCCO. The van der Waals surface area contributed by atoms with Crippen molar-refractivity contribution >= 4 is 5.97 Å². The summed E-state index contributed by atoms with van der Waals surface area (Å²) < 4.78 is 4.91. The second-order valence-electron chi connectivity index (χ2n) is 3.05. The van der Waals surface area contributed by atoms with Crippen LogP contribution in [0.4, 0.5) is 0 Å². The molecule has 1 unspecified atom stereocenters. The largest absolute Gasteiger partial charge is 0.478 e. The summed E-state index contributed by atoms with van der Waals surface area (Å²) >= 11 is 0. The lowest BCUT2D eigenvalue weighted by Gasteiger charge is -1.99. The van der Waals surface area contributed by atoms with Crippen LogP contribution in [0.5, 0.6) is 0 Å². The predicted octanol–water partition coefficient (Wildman–Crippen LogP) is 0.559. The average Bonchev–Trinajstić information content (AvgIpc) is 2.86. The topological polar surface area (TPSA) is 70.1 Å². The highest BCUT2D eigenvalue weighted by atomic mass is 16.6. The molecule has 74 valence electrons. The summed E-state index contributed by atoms with van der Waals surface area (Å²) in [5.74, 6) is -0.881. The zero-order chi connectivity index (χ0) is 9.68. The van der Waals surface area contributed by atoms with Gasteiger partial charge in [0.2, 0.25) is 0 Å². The number of aliphatic hydroxyl groups is 1. The van der Waals surface area contributed by atoms with E-state index in [2.05, 4.69) is 0 Å². The third kappa shape index (κ3) is 4.05. The van der Waals surface area contributed by atoms with Crippen molar-refractivity contribution in [1.82, 2.24) is 0 Å². The van der Waals surface area contributed by atoms with Gasteiger partial charge in [0.25, 0.3) is 0 Å². The molecule has 4 heteroatoms. The fraction of sp³-hybridized carbons (Fsp3) is 0.667. The second kappa shape index (κ2) is 4.99. The molecule has 0 aromatic rings. The molecule has 1 saturated heterocycles. The van der Waals surface area contributed by atoms with Gasteiger partial charge in [-0.15, -0.1) is 0 Å². The predicted molar refractivity (Wildman–Crippen MR) is 46.4 cm³/mol. The molecule has 0 aliphatic carbocycles. The lowest BCUT2D eigenvalue weighted by Crippen LogP contribution is -2.02. The molecule has 0 aromatic carbocycles. The fourth-order valence-corrected chi connectivity index (χ4v) is 1.06. The molecule has 1 atom stereocenters. The number of epoxide rings is 1. The highest BCUT2D eigenvalue weighted by Crippen LogP contribution is 2.16. The Balaban J connectivity index is 2.33. The molecule has 1 aliphatic rings. The molecule has 0 radical (unpaired) electrons. The van der Waals surface area contributed by atoms with Crippen molar-refractivity contribution in [2.45, 2.75) is 25.4 Å². The van der Waals surface area contributed by atoms with E-state index in [1.54, 1.807) is 6.08 Å². The summed E-state index contributed by atoms with van der Waals surface area (Å²) in [5.41, 5.74) is 0.399. The Kier molecular flexibility index (Phi) is 3.92. The molecule has 13 heavy (non-hydrogen) atoms. The average molecular weight is 186 g/mol. The standard InChI is InChI=1S/C9H14O4/c10-4-2-1-3-7(9(11)12)5-8-6-13-8/h5,8,10H,1-4,6H2,(H,11,12). The molecular formula is C9H14O4. The molecule has 0 spiro atoms. The van der Waals surface area contributed by atoms with Crippen LogP contribution in [-0.4, -0.2) is 35.5 Å². The van der Waals surface area contributed by atoms with Crippen LogP contribution in [0.3, 0.4) is 0 Å². The smallest absolute Gasteiger partial charge is 0.331 e. The summed E-state index contributed by atoms with van der Waals surface area (Å²) in [7, 11) is 0. The van der Waals surface area contributed by atoms with E-state index in [0.29, 0.717) is 31.4 Å². The maximum Gasteiger partial charge on any atom is 0.331 e. The van der Waals surface area contributed by atoms with Crippen LogP contribution in [0.25, 0.3) is 0 Å². The minimum atomic E-state index is -0.881. The van der Waals surface area contributed by atoms with Gasteiger partial charge in [-0.05, 0) is 25.3 Å². The van der Waals surface area contributed by atoms with E-state index in [-0.39, 0.29) is 12.7 Å². The number of hydrogen-bond acceptors (Lipinski definition) is 3. The van der Waals surface area contributed by atoms with E-state index >= 15 is 0 Å². The molecule has 1 heterocycles. The molecule has 0 saturated carbocycles. The zero-order valence-corrected chi connectivity index (χ0v) is 7.40. The number of unbranched alkanes of at least 4 members (excludes halogenated alkanes) is 1. The summed E-state index contributed by atoms with van der Waals surface area (Å²) in [4.78, 5) is 10.7. The van der Waals surface area contributed by atoms with Gasteiger partial charge in [0.05, 0.1) is 12.7 Å². The number of carboxylic acid groups (broad SMARTS) is 1. The summed E-state index contributed by atoms with van der Waals surface area (Å²) in [6, 6.07) is 0. The van der Waals surface area contributed by atoms with Gasteiger partial charge in [-0.25, -0.2) is 4.79 Å². The van der Waals surface area contributed by atoms with Gasteiger partial charge in [-0.2, -0.15) is 0 Å². The van der Waals surface area contributed by atoms with E-state index in [9.17, 15) is 4.79 Å². The first-order valence-corrected chi connectivity index (χ1v) is 4.40. The van der Waals surface area contributed by atoms with Crippen molar-refractivity contribution in [2.75, 3.05) is 13.2 Å². The number of rotatable bonds is 6.